The molecule has 0 saturated heterocycles. The molecule has 0 aliphatic rings. The van der Waals surface area contributed by atoms with Gasteiger partial charge in [-0.1, -0.05) is 78.9 Å². The Labute approximate surface area is 157 Å². The van der Waals surface area contributed by atoms with Gasteiger partial charge in [0.2, 0.25) is 0 Å². The second kappa shape index (κ2) is 6.33. The lowest BCUT2D eigenvalue weighted by atomic mass is 9.82. The maximum atomic E-state index is 10.9. The zero-order valence-electron chi connectivity index (χ0n) is 14.8. The molecule has 5 aromatic rings. The van der Waals surface area contributed by atoms with E-state index in [-0.39, 0.29) is 5.92 Å². The van der Waals surface area contributed by atoms with Crippen molar-refractivity contribution in [2.75, 3.05) is 0 Å². The fourth-order valence-corrected chi connectivity index (χ4v) is 4.07. The number of fused-ring (bicyclic) bond motifs is 2. The number of H-pyrrole nitrogens is 1. The first kappa shape index (κ1) is 15.7. The molecule has 130 valence electrons. The summed E-state index contributed by atoms with van der Waals surface area (Å²) in [5, 5.41) is 14.3. The van der Waals surface area contributed by atoms with Gasteiger partial charge in [-0.05, 0) is 34.0 Å². The van der Waals surface area contributed by atoms with E-state index in [1.165, 1.54) is 10.9 Å². The van der Waals surface area contributed by atoms with Crippen LogP contribution in [-0.4, -0.2) is 10.1 Å². The van der Waals surface area contributed by atoms with Crippen LogP contribution in [0.15, 0.2) is 97.2 Å². The highest BCUT2D eigenvalue weighted by Gasteiger charge is 2.24. The Kier molecular flexibility index (Phi) is 3.68. The first-order chi connectivity index (χ1) is 13.3. The van der Waals surface area contributed by atoms with E-state index in [1.54, 1.807) is 0 Å². The van der Waals surface area contributed by atoms with Crippen molar-refractivity contribution in [3.63, 3.8) is 0 Å². The molecular weight excluding hydrogens is 330 g/mol. The number of aromatic nitrogens is 1. The van der Waals surface area contributed by atoms with Crippen molar-refractivity contribution in [3.8, 4) is 5.75 Å². The van der Waals surface area contributed by atoms with Crippen LogP contribution >= 0.6 is 0 Å². The third-order valence-corrected chi connectivity index (χ3v) is 5.30. The van der Waals surface area contributed by atoms with Crippen LogP contribution < -0.4 is 0 Å². The van der Waals surface area contributed by atoms with Crippen LogP contribution in [-0.2, 0) is 0 Å². The number of phenols is 1. The zero-order chi connectivity index (χ0) is 18.2. The highest BCUT2D eigenvalue weighted by Crippen LogP contribution is 2.43. The number of nitrogens with one attached hydrogen (secondary N) is 1. The summed E-state index contributed by atoms with van der Waals surface area (Å²) in [5.74, 6) is 0.265. The van der Waals surface area contributed by atoms with Crippen molar-refractivity contribution in [1.82, 2.24) is 4.98 Å². The van der Waals surface area contributed by atoms with Crippen LogP contribution in [0.1, 0.15) is 22.6 Å². The predicted octanol–water partition coefficient (Wildman–Crippen LogP) is 6.21. The third-order valence-electron chi connectivity index (χ3n) is 5.30. The van der Waals surface area contributed by atoms with Gasteiger partial charge in [0.1, 0.15) is 5.75 Å². The summed E-state index contributed by atoms with van der Waals surface area (Å²) in [6, 6.07) is 30.8. The Hall–Kier alpha value is -3.52. The molecule has 0 amide bonds. The second-order valence-electron chi connectivity index (χ2n) is 6.85. The molecule has 1 unspecified atom stereocenters. The minimum absolute atomic E-state index is 0.0616. The normalized spacial score (nSPS) is 12.4. The van der Waals surface area contributed by atoms with Gasteiger partial charge in [0.25, 0.3) is 0 Å². The lowest BCUT2D eigenvalue weighted by Crippen LogP contribution is -2.04. The first-order valence-electron chi connectivity index (χ1n) is 9.14. The number of hydrogen-bond acceptors (Lipinski definition) is 1. The van der Waals surface area contributed by atoms with Gasteiger partial charge in [0, 0.05) is 28.6 Å². The highest BCUT2D eigenvalue weighted by atomic mass is 16.3. The van der Waals surface area contributed by atoms with Gasteiger partial charge in [-0.2, -0.15) is 0 Å². The largest absolute Gasteiger partial charge is 0.508 e. The second-order valence-corrected chi connectivity index (χ2v) is 6.85. The van der Waals surface area contributed by atoms with Crippen LogP contribution in [0.5, 0.6) is 5.75 Å². The first-order valence-corrected chi connectivity index (χ1v) is 9.14. The molecule has 4 aromatic carbocycles. The maximum absolute atomic E-state index is 10.9. The summed E-state index contributed by atoms with van der Waals surface area (Å²) < 4.78 is 0. The molecule has 0 aliphatic heterocycles. The summed E-state index contributed by atoms with van der Waals surface area (Å²) in [4.78, 5) is 3.39. The number of phenolic OH excluding ortho intramolecular Hbond substituents is 1. The molecule has 27 heavy (non-hydrogen) atoms. The van der Waals surface area contributed by atoms with E-state index in [0.717, 1.165) is 27.4 Å². The van der Waals surface area contributed by atoms with Gasteiger partial charge in [0.15, 0.2) is 0 Å². The van der Waals surface area contributed by atoms with E-state index in [0.29, 0.717) is 5.75 Å². The van der Waals surface area contributed by atoms with Gasteiger partial charge in [-0.3, -0.25) is 0 Å². The summed E-state index contributed by atoms with van der Waals surface area (Å²) in [6.45, 7) is 0. The van der Waals surface area contributed by atoms with E-state index in [9.17, 15) is 5.11 Å². The SMILES string of the molecule is Oc1ccc2ccccc2c1C(c1ccccc1)c1c[nH]c2ccccc12. The maximum Gasteiger partial charge on any atom is 0.120 e. The number of hydrogen-bond donors (Lipinski definition) is 2. The molecule has 0 fully saturated rings. The zero-order valence-corrected chi connectivity index (χ0v) is 14.8. The standard InChI is InChI=1S/C25H19NO/c27-23-15-14-17-8-4-5-11-19(17)25(23)24(18-9-2-1-3-10-18)21-16-26-22-13-7-6-12-20(21)22/h1-16,24,26-27H. The minimum atomic E-state index is -0.0616. The fourth-order valence-electron chi connectivity index (χ4n) is 4.07. The predicted molar refractivity (Wildman–Crippen MR) is 111 cm³/mol. The van der Waals surface area contributed by atoms with E-state index in [1.807, 2.05) is 36.4 Å². The summed E-state index contributed by atoms with van der Waals surface area (Å²) in [6.07, 6.45) is 2.07. The van der Waals surface area contributed by atoms with Crippen LogP contribution in [0.4, 0.5) is 0 Å². The average Bonchev–Trinajstić information content (AvgIpc) is 3.15. The van der Waals surface area contributed by atoms with Gasteiger partial charge in [0.05, 0.1) is 0 Å². The number of para-hydroxylation sites is 1. The minimum Gasteiger partial charge on any atom is -0.508 e. The third kappa shape index (κ3) is 2.58. The van der Waals surface area contributed by atoms with Gasteiger partial charge < -0.3 is 10.1 Å². The number of benzene rings is 4. The molecule has 1 aromatic heterocycles. The Morgan fingerprint density at radius 3 is 2.22 bits per heavy atom. The summed E-state index contributed by atoms with van der Waals surface area (Å²) >= 11 is 0. The van der Waals surface area contributed by atoms with E-state index in [4.69, 9.17) is 0 Å². The Balaban J connectivity index is 1.87. The molecule has 5 rings (SSSR count). The van der Waals surface area contributed by atoms with Gasteiger partial charge in [-0.25, -0.2) is 0 Å². The Morgan fingerprint density at radius 2 is 1.37 bits per heavy atom. The molecule has 0 spiro atoms. The monoisotopic (exact) mass is 349 g/mol. The van der Waals surface area contributed by atoms with Crippen molar-refractivity contribution >= 4 is 21.7 Å². The molecule has 2 N–H and O–H groups in total. The fraction of sp³-hybridized carbons (Fsp3) is 0.0400. The van der Waals surface area contributed by atoms with E-state index >= 15 is 0 Å². The molecular formula is C25H19NO. The van der Waals surface area contributed by atoms with E-state index in [2.05, 4.69) is 65.8 Å². The molecule has 0 bridgehead atoms. The lowest BCUT2D eigenvalue weighted by Gasteiger charge is -2.21. The number of rotatable bonds is 3. The van der Waals surface area contributed by atoms with Crippen molar-refractivity contribution < 1.29 is 5.11 Å². The van der Waals surface area contributed by atoms with Crippen LogP contribution in [0.3, 0.4) is 0 Å². The summed E-state index contributed by atoms with van der Waals surface area (Å²) in [7, 11) is 0. The number of aromatic amines is 1. The van der Waals surface area contributed by atoms with Crippen molar-refractivity contribution in [1.29, 1.82) is 0 Å². The smallest absolute Gasteiger partial charge is 0.120 e. The van der Waals surface area contributed by atoms with Gasteiger partial charge >= 0.3 is 0 Å². The van der Waals surface area contributed by atoms with Crippen molar-refractivity contribution in [3.05, 3.63) is 114 Å². The molecule has 0 radical (unpaired) electrons. The molecule has 2 heteroatoms. The highest BCUT2D eigenvalue weighted by molar-refractivity contribution is 5.91. The van der Waals surface area contributed by atoms with Crippen LogP contribution in [0.25, 0.3) is 21.7 Å². The van der Waals surface area contributed by atoms with E-state index < -0.39 is 0 Å². The Bertz CT molecular complexity index is 1240. The summed E-state index contributed by atoms with van der Waals surface area (Å²) in [5.41, 5.74) is 4.38. The molecule has 2 nitrogen and oxygen atoms in total. The lowest BCUT2D eigenvalue weighted by molar-refractivity contribution is 0.468. The molecule has 0 aliphatic carbocycles. The molecule has 0 saturated carbocycles. The molecule has 1 heterocycles. The number of aromatic hydroxyl groups is 1. The Morgan fingerprint density at radius 1 is 0.667 bits per heavy atom. The molecule has 1 atom stereocenters. The quantitative estimate of drug-likeness (QED) is 0.399. The van der Waals surface area contributed by atoms with Crippen molar-refractivity contribution in [2.24, 2.45) is 0 Å². The average molecular weight is 349 g/mol. The van der Waals surface area contributed by atoms with Crippen LogP contribution in [0.2, 0.25) is 0 Å². The van der Waals surface area contributed by atoms with Crippen molar-refractivity contribution in [2.45, 2.75) is 5.92 Å². The topological polar surface area (TPSA) is 36.0 Å². The van der Waals surface area contributed by atoms with Crippen LogP contribution in [0, 0.1) is 0 Å². The van der Waals surface area contributed by atoms with Gasteiger partial charge in [-0.15, -0.1) is 0 Å².